The van der Waals surface area contributed by atoms with Gasteiger partial charge in [-0.15, -0.1) is 0 Å². The van der Waals surface area contributed by atoms with Gasteiger partial charge in [0.25, 0.3) is 0 Å². The summed E-state index contributed by atoms with van der Waals surface area (Å²) in [6.45, 7) is 13.9. The summed E-state index contributed by atoms with van der Waals surface area (Å²) in [7, 11) is 2.23. The van der Waals surface area contributed by atoms with Crippen LogP contribution in [0.15, 0.2) is 0 Å². The van der Waals surface area contributed by atoms with E-state index in [0.29, 0.717) is 18.1 Å². The van der Waals surface area contributed by atoms with Gasteiger partial charge in [0.1, 0.15) is 0 Å². The lowest BCUT2D eigenvalue weighted by molar-refractivity contribution is 0.0631. The Morgan fingerprint density at radius 2 is 2.00 bits per heavy atom. The molecule has 0 saturated carbocycles. The molecule has 0 aromatic rings. The molecular weight excluding hydrogens is 198 g/mol. The second kappa shape index (κ2) is 6.58. The van der Waals surface area contributed by atoms with Gasteiger partial charge in [-0.25, -0.2) is 0 Å². The van der Waals surface area contributed by atoms with Crippen molar-refractivity contribution in [3.8, 4) is 0 Å². The van der Waals surface area contributed by atoms with Crippen LogP contribution in [0, 0.1) is 0 Å². The topological polar surface area (TPSA) is 18.5 Å². The molecule has 1 aliphatic heterocycles. The van der Waals surface area contributed by atoms with Gasteiger partial charge >= 0.3 is 0 Å². The summed E-state index contributed by atoms with van der Waals surface area (Å²) in [6.07, 6.45) is 1.22. The predicted octanol–water partition coefficient (Wildman–Crippen LogP) is 1.40. The smallest absolute Gasteiger partial charge is 0.0222 e. The zero-order valence-electron chi connectivity index (χ0n) is 11.7. The zero-order valence-corrected chi connectivity index (χ0v) is 11.7. The summed E-state index contributed by atoms with van der Waals surface area (Å²) >= 11 is 0. The van der Waals surface area contributed by atoms with Gasteiger partial charge in [0.2, 0.25) is 0 Å². The quantitative estimate of drug-likeness (QED) is 0.766. The largest absolute Gasteiger partial charge is 0.313 e. The summed E-state index contributed by atoms with van der Waals surface area (Å²) in [5.74, 6) is 0. The van der Waals surface area contributed by atoms with Crippen LogP contribution in [0.4, 0.5) is 0 Å². The minimum Gasteiger partial charge on any atom is -0.313 e. The molecule has 0 aromatic carbocycles. The van der Waals surface area contributed by atoms with Crippen molar-refractivity contribution in [1.82, 2.24) is 15.1 Å². The molecule has 1 aliphatic rings. The molecule has 1 heterocycles. The highest BCUT2D eigenvalue weighted by Gasteiger charge is 2.27. The number of hydrogen-bond acceptors (Lipinski definition) is 3. The molecule has 3 unspecified atom stereocenters. The van der Waals surface area contributed by atoms with E-state index in [1.165, 1.54) is 26.1 Å². The molecule has 1 saturated heterocycles. The van der Waals surface area contributed by atoms with Gasteiger partial charge in [-0.05, 0) is 33.9 Å². The molecule has 1 fully saturated rings. The first kappa shape index (κ1) is 13.9. The maximum atomic E-state index is 3.60. The molecule has 0 aliphatic carbocycles. The summed E-state index contributed by atoms with van der Waals surface area (Å²) in [4.78, 5) is 5.10. The first-order chi connectivity index (χ1) is 7.60. The zero-order chi connectivity index (χ0) is 12.1. The van der Waals surface area contributed by atoms with Gasteiger partial charge < -0.3 is 10.2 Å². The number of nitrogens with zero attached hydrogens (tertiary/aromatic N) is 2. The first-order valence-electron chi connectivity index (χ1n) is 6.77. The summed E-state index contributed by atoms with van der Waals surface area (Å²) in [5, 5.41) is 3.60. The third-order valence-corrected chi connectivity index (χ3v) is 4.06. The number of rotatable bonds is 5. The molecule has 16 heavy (non-hydrogen) atoms. The van der Waals surface area contributed by atoms with Crippen LogP contribution in [0.5, 0.6) is 0 Å². The number of nitrogens with one attached hydrogen (secondary N) is 1. The van der Waals surface area contributed by atoms with Gasteiger partial charge in [0.05, 0.1) is 0 Å². The molecule has 3 heteroatoms. The van der Waals surface area contributed by atoms with E-state index in [4.69, 9.17) is 0 Å². The molecule has 96 valence electrons. The maximum absolute atomic E-state index is 3.60. The highest BCUT2D eigenvalue weighted by Crippen LogP contribution is 2.14. The Hall–Kier alpha value is -0.120. The van der Waals surface area contributed by atoms with Crippen LogP contribution in [0.25, 0.3) is 0 Å². The molecule has 1 N–H and O–H groups in total. The van der Waals surface area contributed by atoms with E-state index in [2.05, 4.69) is 49.9 Å². The molecule has 0 bridgehead atoms. The molecule has 0 radical (unpaired) electrons. The highest BCUT2D eigenvalue weighted by atomic mass is 15.3. The second-order valence-corrected chi connectivity index (χ2v) is 5.14. The Kier molecular flexibility index (Phi) is 5.73. The summed E-state index contributed by atoms with van der Waals surface area (Å²) in [5.41, 5.74) is 0. The number of piperazine rings is 1. The van der Waals surface area contributed by atoms with Crippen molar-refractivity contribution < 1.29 is 0 Å². The first-order valence-corrected chi connectivity index (χ1v) is 6.77. The molecule has 0 amide bonds. The van der Waals surface area contributed by atoms with E-state index < -0.39 is 0 Å². The van der Waals surface area contributed by atoms with Crippen molar-refractivity contribution in [3.05, 3.63) is 0 Å². The Morgan fingerprint density at radius 1 is 1.31 bits per heavy atom. The van der Waals surface area contributed by atoms with E-state index in [1.54, 1.807) is 0 Å². The predicted molar refractivity (Wildman–Crippen MR) is 70.9 cm³/mol. The molecule has 3 nitrogen and oxygen atoms in total. The Balaban J connectivity index is 2.49. The Morgan fingerprint density at radius 3 is 2.50 bits per heavy atom. The minimum absolute atomic E-state index is 0.639. The van der Waals surface area contributed by atoms with Crippen molar-refractivity contribution in [2.75, 3.05) is 33.2 Å². The second-order valence-electron chi connectivity index (χ2n) is 5.14. The number of hydrogen-bond donors (Lipinski definition) is 1. The maximum Gasteiger partial charge on any atom is 0.0222 e. The van der Waals surface area contributed by atoms with Gasteiger partial charge in [-0.3, -0.25) is 4.90 Å². The minimum atomic E-state index is 0.639. The van der Waals surface area contributed by atoms with Crippen LogP contribution in [-0.2, 0) is 0 Å². The summed E-state index contributed by atoms with van der Waals surface area (Å²) in [6, 6.07) is 1.98. The average molecular weight is 227 g/mol. The van der Waals surface area contributed by atoms with Crippen molar-refractivity contribution in [2.45, 2.75) is 52.2 Å². The fourth-order valence-corrected chi connectivity index (χ4v) is 2.62. The van der Waals surface area contributed by atoms with Crippen molar-refractivity contribution in [3.63, 3.8) is 0 Å². The third kappa shape index (κ3) is 3.44. The van der Waals surface area contributed by atoms with E-state index in [1.807, 2.05) is 0 Å². The van der Waals surface area contributed by atoms with Gasteiger partial charge in [0, 0.05) is 37.8 Å². The van der Waals surface area contributed by atoms with Gasteiger partial charge in [-0.2, -0.15) is 0 Å². The van der Waals surface area contributed by atoms with Crippen LogP contribution < -0.4 is 5.32 Å². The normalized spacial score (nSPS) is 27.9. The van der Waals surface area contributed by atoms with E-state index in [0.717, 1.165) is 6.54 Å². The highest BCUT2D eigenvalue weighted by molar-refractivity contribution is 4.85. The van der Waals surface area contributed by atoms with Gasteiger partial charge in [-0.1, -0.05) is 13.8 Å². The average Bonchev–Trinajstić information content (AvgIpc) is 2.28. The van der Waals surface area contributed by atoms with Crippen LogP contribution in [0.1, 0.15) is 34.1 Å². The van der Waals surface area contributed by atoms with Crippen LogP contribution in [-0.4, -0.2) is 61.2 Å². The van der Waals surface area contributed by atoms with E-state index in [-0.39, 0.29) is 0 Å². The van der Waals surface area contributed by atoms with Crippen LogP contribution in [0.2, 0.25) is 0 Å². The van der Waals surface area contributed by atoms with Crippen molar-refractivity contribution >= 4 is 0 Å². The monoisotopic (exact) mass is 227 g/mol. The standard InChI is InChI=1S/C13H29N3/c1-6-13(14-7-2)12(4)16-9-8-15(5)11(3)10-16/h11-14H,6-10H2,1-5H3. The van der Waals surface area contributed by atoms with E-state index in [9.17, 15) is 0 Å². The lowest BCUT2D eigenvalue weighted by Crippen LogP contribution is -2.57. The Bertz CT molecular complexity index is 196. The summed E-state index contributed by atoms with van der Waals surface area (Å²) < 4.78 is 0. The molecule has 0 spiro atoms. The van der Waals surface area contributed by atoms with E-state index >= 15 is 0 Å². The van der Waals surface area contributed by atoms with Crippen LogP contribution >= 0.6 is 0 Å². The third-order valence-electron chi connectivity index (χ3n) is 4.06. The number of likely N-dealkylation sites (N-methyl/N-ethyl adjacent to an activating group) is 2. The Labute approximate surface area is 101 Å². The lowest BCUT2D eigenvalue weighted by atomic mass is 10.0. The SMILES string of the molecule is CCNC(CC)C(C)N1CCN(C)C(C)C1. The molecular formula is C13H29N3. The molecule has 0 aromatic heterocycles. The molecule has 1 rings (SSSR count). The van der Waals surface area contributed by atoms with Crippen molar-refractivity contribution in [2.24, 2.45) is 0 Å². The van der Waals surface area contributed by atoms with Crippen molar-refractivity contribution in [1.29, 1.82) is 0 Å². The fourth-order valence-electron chi connectivity index (χ4n) is 2.62. The van der Waals surface area contributed by atoms with Gasteiger partial charge in [0.15, 0.2) is 0 Å². The lowest BCUT2D eigenvalue weighted by Gasteiger charge is -2.43. The fraction of sp³-hybridized carbons (Fsp3) is 1.00. The molecule has 3 atom stereocenters. The van der Waals surface area contributed by atoms with Crippen LogP contribution in [0.3, 0.4) is 0 Å².